The molecule has 0 aliphatic heterocycles. The zero-order chi connectivity index (χ0) is 26.0. The molecule has 1 radical (unpaired) electrons. The average Bonchev–Trinajstić information content (AvgIpc) is 3.32. The van der Waals surface area contributed by atoms with Gasteiger partial charge in [0.25, 0.3) is 0 Å². The molecule has 13 heteroatoms. The summed E-state index contributed by atoms with van der Waals surface area (Å²) in [6.07, 6.45) is 1.26. The lowest BCUT2D eigenvalue weighted by Crippen LogP contribution is -2.32. The highest BCUT2D eigenvalue weighted by molar-refractivity contribution is 5.77. The van der Waals surface area contributed by atoms with Crippen LogP contribution in [0.5, 0.6) is 5.88 Å². The summed E-state index contributed by atoms with van der Waals surface area (Å²) in [6, 6.07) is 0. The lowest BCUT2D eigenvalue weighted by Gasteiger charge is -2.25. The maximum atomic E-state index is 12.0. The molecule has 1 aliphatic carbocycles. The molecule has 13 nitrogen and oxygen atoms in total. The van der Waals surface area contributed by atoms with Gasteiger partial charge in [-0.1, -0.05) is 0 Å². The lowest BCUT2D eigenvalue weighted by atomic mass is 10.2. The van der Waals surface area contributed by atoms with Crippen molar-refractivity contribution in [3.05, 3.63) is 12.4 Å². The molecular weight excluding hydrogens is 462 g/mol. The lowest BCUT2D eigenvalue weighted by molar-refractivity contribution is -0.0585. The molecule has 1 aliphatic rings. The van der Waals surface area contributed by atoms with Gasteiger partial charge in [0, 0.05) is 0 Å². The van der Waals surface area contributed by atoms with Crippen LogP contribution in [0.15, 0.2) is 6.33 Å². The van der Waals surface area contributed by atoms with Crippen molar-refractivity contribution in [2.45, 2.75) is 77.7 Å². The fourth-order valence-corrected chi connectivity index (χ4v) is 3.05. The number of carbonyl (C=O) groups is 2. The Morgan fingerprint density at radius 1 is 1.03 bits per heavy atom. The van der Waals surface area contributed by atoms with E-state index in [1.807, 2.05) is 0 Å². The average molecular weight is 495 g/mol. The molecule has 2 aromatic heterocycles. The van der Waals surface area contributed by atoms with Gasteiger partial charge in [-0.2, -0.15) is 9.97 Å². The summed E-state index contributed by atoms with van der Waals surface area (Å²) in [5.74, 6) is -0.410. The van der Waals surface area contributed by atoms with E-state index in [0.29, 0.717) is 25.0 Å². The van der Waals surface area contributed by atoms with Crippen LogP contribution in [0, 0.1) is 6.10 Å². The third-order valence-corrected chi connectivity index (χ3v) is 4.57. The topological polar surface area (TPSA) is 170 Å². The van der Waals surface area contributed by atoms with Crippen molar-refractivity contribution < 1.29 is 38.4 Å². The number of fused-ring (bicyclic) bond motifs is 1. The van der Waals surface area contributed by atoms with Crippen molar-refractivity contribution in [1.29, 1.82) is 0 Å². The summed E-state index contributed by atoms with van der Waals surface area (Å²) in [7, 11) is 0. The summed E-state index contributed by atoms with van der Waals surface area (Å²) in [5, 5.41) is 9.97. The van der Waals surface area contributed by atoms with Crippen molar-refractivity contribution in [3.8, 4) is 5.88 Å². The van der Waals surface area contributed by atoms with Gasteiger partial charge in [0.15, 0.2) is 17.3 Å². The first-order valence-electron chi connectivity index (χ1n) is 11.1. The molecule has 2 aromatic rings. The third-order valence-electron chi connectivity index (χ3n) is 4.57. The van der Waals surface area contributed by atoms with Gasteiger partial charge in [-0.25, -0.2) is 14.6 Å². The first-order chi connectivity index (χ1) is 16.1. The number of rotatable bonds is 8. The van der Waals surface area contributed by atoms with E-state index in [2.05, 4.69) is 15.0 Å². The summed E-state index contributed by atoms with van der Waals surface area (Å²) < 4.78 is 28.5. The highest BCUT2D eigenvalue weighted by Gasteiger charge is 2.47. The van der Waals surface area contributed by atoms with Gasteiger partial charge in [0.1, 0.15) is 24.4 Å². The maximum Gasteiger partial charge on any atom is 0.508 e. The van der Waals surface area contributed by atoms with Gasteiger partial charge >= 0.3 is 12.3 Å². The first-order valence-corrected chi connectivity index (χ1v) is 11.1. The molecule has 35 heavy (non-hydrogen) atoms. The fourth-order valence-electron chi connectivity index (χ4n) is 3.05. The van der Waals surface area contributed by atoms with E-state index in [1.54, 1.807) is 46.1 Å². The molecule has 0 saturated heterocycles. The van der Waals surface area contributed by atoms with E-state index in [-0.39, 0.29) is 36.7 Å². The Morgan fingerprint density at radius 3 is 2.06 bits per heavy atom. The van der Waals surface area contributed by atoms with Crippen LogP contribution >= 0.6 is 0 Å². The monoisotopic (exact) mass is 494 g/mol. The number of aromatic nitrogens is 4. The molecule has 1 saturated carbocycles. The van der Waals surface area contributed by atoms with E-state index in [0.717, 1.165) is 0 Å². The molecule has 0 atom stereocenters. The minimum Gasteiger partial charge on any atom is -0.492 e. The quantitative estimate of drug-likeness (QED) is 0.515. The van der Waals surface area contributed by atoms with Crippen LogP contribution in [0.4, 0.5) is 15.5 Å². The number of anilines is 1. The molecule has 0 bridgehead atoms. The van der Waals surface area contributed by atoms with Gasteiger partial charge in [-0.15, -0.1) is 0 Å². The van der Waals surface area contributed by atoms with Crippen LogP contribution in [-0.2, 0) is 30.2 Å². The SMILES string of the molecule is CC(C)(C)OC(=O)OC[C](COC(=O)OC(C)(C)C)OC1(Cn2cnc3c(O)nc(N)nc32)CC1. The van der Waals surface area contributed by atoms with Crippen molar-refractivity contribution in [1.82, 2.24) is 19.5 Å². The molecule has 3 rings (SSSR count). The number of hydrogen-bond donors (Lipinski definition) is 2. The van der Waals surface area contributed by atoms with Crippen LogP contribution in [0.1, 0.15) is 54.4 Å². The Labute approximate surface area is 202 Å². The number of nitrogens with two attached hydrogens (primary N) is 1. The number of ether oxygens (including phenoxy) is 5. The van der Waals surface area contributed by atoms with E-state index < -0.39 is 29.1 Å². The summed E-state index contributed by atoms with van der Waals surface area (Å²) in [6.45, 7) is 10.00. The highest BCUT2D eigenvalue weighted by Crippen LogP contribution is 2.44. The van der Waals surface area contributed by atoms with Crippen molar-refractivity contribution in [2.75, 3.05) is 18.9 Å². The van der Waals surface area contributed by atoms with Crippen LogP contribution in [-0.4, -0.2) is 67.0 Å². The van der Waals surface area contributed by atoms with E-state index in [1.165, 1.54) is 6.33 Å². The molecule has 193 valence electrons. The molecular formula is C22H32N5O8. The first kappa shape index (κ1) is 26.3. The number of carbonyl (C=O) groups excluding carboxylic acids is 2. The van der Waals surface area contributed by atoms with Crippen LogP contribution in [0.25, 0.3) is 11.2 Å². The number of nitrogen functional groups attached to an aromatic ring is 1. The summed E-state index contributed by atoms with van der Waals surface area (Å²) in [5.41, 5.74) is 4.06. The fraction of sp³-hybridized carbons (Fsp3) is 0.636. The molecule has 1 fully saturated rings. The van der Waals surface area contributed by atoms with Crippen LogP contribution in [0.3, 0.4) is 0 Å². The highest BCUT2D eigenvalue weighted by atomic mass is 16.7. The molecule has 0 spiro atoms. The van der Waals surface area contributed by atoms with E-state index in [9.17, 15) is 14.7 Å². The molecule has 0 unspecified atom stereocenters. The second kappa shape index (κ2) is 9.72. The number of aromatic hydroxyl groups is 1. The normalized spacial score (nSPS) is 15.2. The molecule has 0 amide bonds. The zero-order valence-electron chi connectivity index (χ0n) is 20.8. The van der Waals surface area contributed by atoms with Gasteiger partial charge in [-0.05, 0) is 54.4 Å². The predicted molar refractivity (Wildman–Crippen MR) is 122 cm³/mol. The van der Waals surface area contributed by atoms with Gasteiger partial charge in [-0.3, -0.25) is 0 Å². The summed E-state index contributed by atoms with van der Waals surface area (Å²) in [4.78, 5) is 36.0. The van der Waals surface area contributed by atoms with Gasteiger partial charge < -0.3 is 39.1 Å². The predicted octanol–water partition coefficient (Wildman–Crippen LogP) is 3.10. The van der Waals surface area contributed by atoms with Crippen molar-refractivity contribution in [3.63, 3.8) is 0 Å². The smallest absolute Gasteiger partial charge is 0.492 e. The molecule has 0 aromatic carbocycles. The number of hydrogen-bond acceptors (Lipinski definition) is 12. The number of imidazole rings is 1. The largest absolute Gasteiger partial charge is 0.508 e. The van der Waals surface area contributed by atoms with E-state index in [4.69, 9.17) is 29.4 Å². The van der Waals surface area contributed by atoms with Crippen LogP contribution < -0.4 is 5.73 Å². The van der Waals surface area contributed by atoms with Gasteiger partial charge in [0.2, 0.25) is 11.8 Å². The third kappa shape index (κ3) is 7.84. The number of nitrogens with zero attached hydrogens (tertiary/aromatic N) is 4. The molecule has 3 N–H and O–H groups in total. The minimum absolute atomic E-state index is 0.0914. The van der Waals surface area contributed by atoms with Crippen LogP contribution in [0.2, 0.25) is 0 Å². The Kier molecular flexibility index (Phi) is 7.29. The summed E-state index contributed by atoms with van der Waals surface area (Å²) >= 11 is 0. The maximum absolute atomic E-state index is 12.0. The Bertz CT molecular complexity index is 1040. The second-order valence-electron chi connectivity index (χ2n) is 10.3. The standard InChI is InChI=1S/C22H32N5O8/c1-20(2,3)34-18(29)31-9-13(10-32-19(30)35-21(4,5)6)33-22(7-8-22)11-27-12-24-14-15(27)25-17(23)26-16(14)28/h12H,7-11H2,1-6H3,(H3,23,25,26,28). The molecule has 2 heterocycles. The Hall–Kier alpha value is -3.35. The van der Waals surface area contributed by atoms with Gasteiger partial charge in [0.05, 0.1) is 18.5 Å². The minimum atomic E-state index is -0.885. The Balaban J connectivity index is 1.69. The van der Waals surface area contributed by atoms with Crippen molar-refractivity contribution >= 4 is 29.4 Å². The zero-order valence-corrected chi connectivity index (χ0v) is 20.8. The second-order valence-corrected chi connectivity index (χ2v) is 10.3. The van der Waals surface area contributed by atoms with Crippen molar-refractivity contribution in [2.24, 2.45) is 0 Å². The Morgan fingerprint density at radius 2 is 1.57 bits per heavy atom. The van der Waals surface area contributed by atoms with E-state index >= 15 is 0 Å².